The van der Waals surface area contributed by atoms with Crippen LogP contribution in [0, 0.1) is 0 Å². The summed E-state index contributed by atoms with van der Waals surface area (Å²) in [6, 6.07) is 13.3. The van der Waals surface area contributed by atoms with E-state index >= 15 is 0 Å². The van der Waals surface area contributed by atoms with Crippen LogP contribution in [0.25, 0.3) is 39.0 Å². The number of aromatic nitrogens is 4. The molecule has 2 fully saturated rings. The number of H-pyrrole nitrogens is 1. The van der Waals surface area contributed by atoms with E-state index in [1.54, 1.807) is 0 Å². The van der Waals surface area contributed by atoms with E-state index < -0.39 is 0 Å². The van der Waals surface area contributed by atoms with E-state index in [0.717, 1.165) is 57.8 Å². The summed E-state index contributed by atoms with van der Waals surface area (Å²) in [5.41, 5.74) is 9.87. The molecule has 0 amide bonds. The average Bonchev–Trinajstić information content (AvgIpc) is 3.75. The fourth-order valence-electron chi connectivity index (χ4n) is 5.87. The summed E-state index contributed by atoms with van der Waals surface area (Å²) in [4.78, 5) is 22.4. The van der Waals surface area contributed by atoms with Gasteiger partial charge in [0.05, 0.1) is 22.9 Å². The van der Waals surface area contributed by atoms with Crippen LogP contribution in [0.5, 0.6) is 0 Å². The SMILES string of the molecule is C1=C(c2cnc3cc(-c4ccc(-c5cnc(C6CCCC6)[nH]5)cc4)cnc3c2)CC([C@@H]2CCCN2)=N1. The summed E-state index contributed by atoms with van der Waals surface area (Å²) < 4.78 is 0. The van der Waals surface area contributed by atoms with Crippen LogP contribution in [0.2, 0.25) is 0 Å². The van der Waals surface area contributed by atoms with Crippen molar-refractivity contribution in [1.82, 2.24) is 25.3 Å². The number of nitrogens with one attached hydrogen (secondary N) is 2. The van der Waals surface area contributed by atoms with Crippen molar-refractivity contribution < 1.29 is 0 Å². The third-order valence-electron chi connectivity index (χ3n) is 7.99. The summed E-state index contributed by atoms with van der Waals surface area (Å²) in [5.74, 6) is 1.74. The molecule has 0 spiro atoms. The molecular weight excluding hydrogens is 444 g/mol. The van der Waals surface area contributed by atoms with Crippen molar-refractivity contribution in [3.63, 3.8) is 0 Å². The zero-order chi connectivity index (χ0) is 23.9. The smallest absolute Gasteiger partial charge is 0.109 e. The van der Waals surface area contributed by atoms with Gasteiger partial charge >= 0.3 is 0 Å². The van der Waals surface area contributed by atoms with Crippen molar-refractivity contribution in [2.75, 3.05) is 6.54 Å². The molecule has 0 radical (unpaired) electrons. The Hall–Kier alpha value is -3.64. The highest BCUT2D eigenvalue weighted by Crippen LogP contribution is 2.34. The molecule has 6 nitrogen and oxygen atoms in total. The summed E-state index contributed by atoms with van der Waals surface area (Å²) in [5, 5.41) is 3.55. The first-order valence-corrected chi connectivity index (χ1v) is 13.2. The molecule has 1 atom stereocenters. The molecule has 1 saturated heterocycles. The summed E-state index contributed by atoms with van der Waals surface area (Å²) in [6.07, 6.45) is 16.3. The van der Waals surface area contributed by atoms with E-state index in [1.165, 1.54) is 49.8 Å². The average molecular weight is 475 g/mol. The van der Waals surface area contributed by atoms with Gasteiger partial charge in [-0.1, -0.05) is 37.1 Å². The quantitative estimate of drug-likeness (QED) is 0.357. The van der Waals surface area contributed by atoms with Crippen LogP contribution < -0.4 is 5.32 Å². The predicted octanol–water partition coefficient (Wildman–Crippen LogP) is 6.28. The number of allylic oxidation sites excluding steroid dienone is 1. The van der Waals surface area contributed by atoms with Crippen LogP contribution in [-0.4, -0.2) is 38.2 Å². The highest BCUT2D eigenvalue weighted by molar-refractivity contribution is 6.02. The first-order valence-electron chi connectivity index (χ1n) is 13.2. The van der Waals surface area contributed by atoms with Crippen LogP contribution in [0.4, 0.5) is 0 Å². The summed E-state index contributed by atoms with van der Waals surface area (Å²) in [6.45, 7) is 1.09. The zero-order valence-corrected chi connectivity index (χ0v) is 20.4. The Morgan fingerprint density at radius 3 is 2.25 bits per heavy atom. The number of benzene rings is 1. The molecule has 3 aliphatic rings. The van der Waals surface area contributed by atoms with Gasteiger partial charge in [-0.15, -0.1) is 0 Å². The number of aromatic amines is 1. The third kappa shape index (κ3) is 4.05. The van der Waals surface area contributed by atoms with E-state index in [1.807, 2.05) is 24.8 Å². The van der Waals surface area contributed by atoms with Crippen LogP contribution in [0.1, 0.15) is 62.3 Å². The third-order valence-corrected chi connectivity index (χ3v) is 7.99. The number of rotatable bonds is 5. The number of aliphatic imine (C=N–C) groups is 1. The molecule has 4 aromatic rings. The molecule has 2 N–H and O–H groups in total. The van der Waals surface area contributed by atoms with Crippen molar-refractivity contribution in [3.05, 3.63) is 72.6 Å². The second kappa shape index (κ2) is 9.10. The molecule has 180 valence electrons. The van der Waals surface area contributed by atoms with Crippen molar-refractivity contribution in [2.45, 2.75) is 56.9 Å². The number of hydrogen-bond donors (Lipinski definition) is 2. The molecule has 1 aliphatic carbocycles. The van der Waals surface area contributed by atoms with E-state index in [2.05, 4.69) is 51.7 Å². The maximum atomic E-state index is 4.76. The molecular formula is C30H30N6. The van der Waals surface area contributed by atoms with E-state index in [-0.39, 0.29) is 0 Å². The van der Waals surface area contributed by atoms with Crippen LogP contribution >= 0.6 is 0 Å². The number of nitrogens with zero attached hydrogens (tertiary/aromatic N) is 4. The Morgan fingerprint density at radius 1 is 0.722 bits per heavy atom. The van der Waals surface area contributed by atoms with E-state index in [0.29, 0.717) is 12.0 Å². The zero-order valence-electron chi connectivity index (χ0n) is 20.4. The summed E-state index contributed by atoms with van der Waals surface area (Å²) >= 11 is 0. The fraction of sp³-hybridized carbons (Fsp3) is 0.333. The molecule has 0 bridgehead atoms. The van der Waals surface area contributed by atoms with Gasteiger partial charge in [-0.3, -0.25) is 15.0 Å². The van der Waals surface area contributed by atoms with Gasteiger partial charge in [0.15, 0.2) is 0 Å². The molecule has 1 saturated carbocycles. The Labute approximate surface area is 211 Å². The van der Waals surface area contributed by atoms with Gasteiger partial charge in [-0.05, 0) is 61.1 Å². The lowest BCUT2D eigenvalue weighted by molar-refractivity contribution is 0.679. The maximum Gasteiger partial charge on any atom is 0.109 e. The molecule has 1 aromatic carbocycles. The van der Waals surface area contributed by atoms with Gasteiger partial charge in [0.25, 0.3) is 0 Å². The fourth-order valence-corrected chi connectivity index (χ4v) is 5.87. The molecule has 7 rings (SSSR count). The molecule has 3 aromatic heterocycles. The lowest BCUT2D eigenvalue weighted by Gasteiger charge is -2.11. The number of fused-ring (bicyclic) bond motifs is 1. The minimum atomic E-state index is 0.432. The standard InChI is InChI=1S/C30H30N6/c1-2-5-21(4-1)30-35-18-29(36-30)20-9-7-19(8-10-20)22-12-27-28(33-15-22)14-24(17-34-27)23-13-26(32-16-23)25-6-3-11-31-25/h7-10,12,14-18,21,25,31H,1-6,11,13H2,(H,35,36)/t25-/m0/s1. The lowest BCUT2D eigenvalue weighted by Crippen LogP contribution is -2.29. The molecule has 6 heteroatoms. The minimum absolute atomic E-state index is 0.432. The van der Waals surface area contributed by atoms with Gasteiger partial charge < -0.3 is 10.3 Å². The topological polar surface area (TPSA) is 78.8 Å². The lowest BCUT2D eigenvalue weighted by atomic mass is 9.99. The Kier molecular flexibility index (Phi) is 5.47. The predicted molar refractivity (Wildman–Crippen MR) is 145 cm³/mol. The first kappa shape index (κ1) is 21.6. The minimum Gasteiger partial charge on any atom is -0.342 e. The van der Waals surface area contributed by atoms with Gasteiger partial charge in [0.1, 0.15) is 5.82 Å². The highest BCUT2D eigenvalue weighted by atomic mass is 15.0. The Balaban J connectivity index is 1.08. The molecule has 5 heterocycles. The Bertz CT molecular complexity index is 1470. The Morgan fingerprint density at radius 2 is 1.47 bits per heavy atom. The van der Waals surface area contributed by atoms with Crippen LogP contribution in [-0.2, 0) is 0 Å². The van der Waals surface area contributed by atoms with E-state index in [9.17, 15) is 0 Å². The maximum absolute atomic E-state index is 4.76. The van der Waals surface area contributed by atoms with Crippen LogP contribution in [0.3, 0.4) is 0 Å². The van der Waals surface area contributed by atoms with Crippen molar-refractivity contribution in [3.8, 4) is 22.4 Å². The second-order valence-electron chi connectivity index (χ2n) is 10.3. The second-order valence-corrected chi connectivity index (χ2v) is 10.3. The van der Waals surface area contributed by atoms with Crippen LogP contribution in [0.15, 0.2) is 66.2 Å². The number of hydrogen-bond acceptors (Lipinski definition) is 5. The molecule has 0 unspecified atom stereocenters. The number of imidazole rings is 1. The van der Waals surface area contributed by atoms with Crippen molar-refractivity contribution >= 4 is 22.3 Å². The van der Waals surface area contributed by atoms with Gasteiger partial charge in [-0.25, -0.2) is 4.98 Å². The summed E-state index contributed by atoms with van der Waals surface area (Å²) in [7, 11) is 0. The molecule has 2 aliphatic heterocycles. The van der Waals surface area contributed by atoms with Crippen molar-refractivity contribution in [2.24, 2.45) is 4.99 Å². The monoisotopic (exact) mass is 474 g/mol. The van der Waals surface area contributed by atoms with E-state index in [4.69, 9.17) is 15.0 Å². The van der Waals surface area contributed by atoms with Gasteiger partial charge in [-0.2, -0.15) is 0 Å². The largest absolute Gasteiger partial charge is 0.342 e. The first-order chi connectivity index (χ1) is 17.8. The van der Waals surface area contributed by atoms with Gasteiger partial charge in [0, 0.05) is 53.8 Å². The normalized spacial score (nSPS) is 20.3. The van der Waals surface area contributed by atoms with Gasteiger partial charge in [0.2, 0.25) is 0 Å². The van der Waals surface area contributed by atoms with Crippen molar-refractivity contribution in [1.29, 1.82) is 0 Å². The molecule has 36 heavy (non-hydrogen) atoms. The highest BCUT2D eigenvalue weighted by Gasteiger charge is 2.24. The number of pyridine rings is 2.